The summed E-state index contributed by atoms with van der Waals surface area (Å²) in [5.41, 5.74) is 1.85. The van der Waals surface area contributed by atoms with Crippen LogP contribution in [0.25, 0.3) is 6.08 Å². The highest BCUT2D eigenvalue weighted by atomic mass is 16.5. The molecule has 2 amide bonds. The summed E-state index contributed by atoms with van der Waals surface area (Å²) in [5.74, 6) is 0.680. The largest absolute Gasteiger partial charge is 0.493 e. The SMILES string of the molecule is CNC(=O)c1ccc(NC(=O)/C=C/c2cccc(OC)c2OC)cc1. The molecule has 2 aromatic carbocycles. The number of amides is 2. The van der Waals surface area contributed by atoms with E-state index in [1.165, 1.54) is 6.08 Å². The van der Waals surface area contributed by atoms with Crippen LogP contribution in [0.3, 0.4) is 0 Å². The second-order valence-corrected chi connectivity index (χ2v) is 5.06. The molecule has 0 spiro atoms. The van der Waals surface area contributed by atoms with Crippen LogP contribution in [0.1, 0.15) is 15.9 Å². The molecule has 2 N–H and O–H groups in total. The molecule has 2 rings (SSSR count). The van der Waals surface area contributed by atoms with E-state index in [9.17, 15) is 9.59 Å². The third kappa shape index (κ3) is 4.60. The van der Waals surface area contributed by atoms with Crippen molar-refractivity contribution in [3.63, 3.8) is 0 Å². The van der Waals surface area contributed by atoms with Crippen molar-refractivity contribution in [3.8, 4) is 11.5 Å². The molecule has 0 saturated carbocycles. The van der Waals surface area contributed by atoms with E-state index in [4.69, 9.17) is 9.47 Å². The standard InChI is InChI=1S/C19H20N2O4/c1-20-19(23)14-7-10-15(11-8-14)21-17(22)12-9-13-5-4-6-16(24-2)18(13)25-3/h4-12H,1-3H3,(H,20,23)(H,21,22)/b12-9+. The van der Waals surface area contributed by atoms with Crippen LogP contribution >= 0.6 is 0 Å². The zero-order valence-electron chi connectivity index (χ0n) is 14.3. The van der Waals surface area contributed by atoms with E-state index in [0.29, 0.717) is 22.7 Å². The number of rotatable bonds is 6. The van der Waals surface area contributed by atoms with Gasteiger partial charge in [-0.2, -0.15) is 0 Å². The Hall–Kier alpha value is -3.28. The van der Waals surface area contributed by atoms with Crippen LogP contribution in [0, 0.1) is 0 Å². The van der Waals surface area contributed by atoms with Gasteiger partial charge in [0.2, 0.25) is 5.91 Å². The number of hydrogen-bond donors (Lipinski definition) is 2. The first-order valence-electron chi connectivity index (χ1n) is 7.61. The van der Waals surface area contributed by atoms with E-state index in [1.54, 1.807) is 57.7 Å². The fourth-order valence-corrected chi connectivity index (χ4v) is 2.24. The highest BCUT2D eigenvalue weighted by Crippen LogP contribution is 2.31. The summed E-state index contributed by atoms with van der Waals surface area (Å²) < 4.78 is 10.5. The lowest BCUT2D eigenvalue weighted by Gasteiger charge is -2.09. The minimum atomic E-state index is -0.294. The number of para-hydroxylation sites is 1. The van der Waals surface area contributed by atoms with Crippen molar-refractivity contribution >= 4 is 23.6 Å². The molecule has 0 aliphatic rings. The summed E-state index contributed by atoms with van der Waals surface area (Å²) in [6.45, 7) is 0. The Morgan fingerprint density at radius 2 is 1.72 bits per heavy atom. The van der Waals surface area contributed by atoms with Gasteiger partial charge in [-0.1, -0.05) is 12.1 Å². The van der Waals surface area contributed by atoms with Crippen LogP contribution in [0.2, 0.25) is 0 Å². The number of carbonyl (C=O) groups is 2. The van der Waals surface area contributed by atoms with Gasteiger partial charge in [0.05, 0.1) is 14.2 Å². The Kier molecular flexibility index (Phi) is 6.17. The molecule has 0 fully saturated rings. The van der Waals surface area contributed by atoms with E-state index >= 15 is 0 Å². The summed E-state index contributed by atoms with van der Waals surface area (Å²) in [7, 11) is 4.67. The molecule has 0 aromatic heterocycles. The van der Waals surface area contributed by atoms with Gasteiger partial charge in [0.25, 0.3) is 5.91 Å². The number of methoxy groups -OCH3 is 2. The summed E-state index contributed by atoms with van der Waals surface area (Å²) in [4.78, 5) is 23.6. The van der Waals surface area contributed by atoms with Gasteiger partial charge in [-0.3, -0.25) is 9.59 Å². The van der Waals surface area contributed by atoms with E-state index in [-0.39, 0.29) is 11.8 Å². The lowest BCUT2D eigenvalue weighted by Crippen LogP contribution is -2.17. The number of hydrogen-bond acceptors (Lipinski definition) is 4. The van der Waals surface area contributed by atoms with Gasteiger partial charge in [-0.25, -0.2) is 0 Å². The molecule has 0 saturated heterocycles. The van der Waals surface area contributed by atoms with E-state index in [2.05, 4.69) is 10.6 Å². The van der Waals surface area contributed by atoms with Gasteiger partial charge < -0.3 is 20.1 Å². The van der Waals surface area contributed by atoms with Gasteiger partial charge >= 0.3 is 0 Å². The second kappa shape index (κ2) is 8.54. The third-order valence-electron chi connectivity index (χ3n) is 3.49. The molecular weight excluding hydrogens is 320 g/mol. The number of benzene rings is 2. The number of ether oxygens (including phenoxy) is 2. The molecule has 0 bridgehead atoms. The average Bonchev–Trinajstić information content (AvgIpc) is 2.65. The Bertz CT molecular complexity index is 783. The minimum absolute atomic E-state index is 0.178. The fourth-order valence-electron chi connectivity index (χ4n) is 2.24. The van der Waals surface area contributed by atoms with Crippen molar-refractivity contribution in [1.29, 1.82) is 0 Å². The zero-order chi connectivity index (χ0) is 18.2. The summed E-state index contributed by atoms with van der Waals surface area (Å²) >= 11 is 0. The van der Waals surface area contributed by atoms with Gasteiger partial charge in [0, 0.05) is 29.9 Å². The lowest BCUT2D eigenvalue weighted by atomic mass is 10.1. The molecule has 6 nitrogen and oxygen atoms in total. The Labute approximate surface area is 146 Å². The molecule has 0 aliphatic carbocycles. The molecule has 0 aliphatic heterocycles. The van der Waals surface area contributed by atoms with Crippen LogP contribution in [-0.4, -0.2) is 33.1 Å². The van der Waals surface area contributed by atoms with Crippen LogP contribution in [0.15, 0.2) is 48.5 Å². The molecule has 130 valence electrons. The number of carbonyl (C=O) groups excluding carboxylic acids is 2. The van der Waals surface area contributed by atoms with Crippen LogP contribution < -0.4 is 20.1 Å². The van der Waals surface area contributed by atoms with E-state index < -0.39 is 0 Å². The quantitative estimate of drug-likeness (QED) is 0.793. The van der Waals surface area contributed by atoms with E-state index in [1.807, 2.05) is 12.1 Å². The lowest BCUT2D eigenvalue weighted by molar-refractivity contribution is -0.111. The first-order valence-corrected chi connectivity index (χ1v) is 7.61. The normalized spacial score (nSPS) is 10.4. The fraction of sp³-hybridized carbons (Fsp3) is 0.158. The molecule has 25 heavy (non-hydrogen) atoms. The van der Waals surface area contributed by atoms with Gasteiger partial charge in [-0.15, -0.1) is 0 Å². The van der Waals surface area contributed by atoms with Crippen molar-refractivity contribution in [1.82, 2.24) is 5.32 Å². The third-order valence-corrected chi connectivity index (χ3v) is 3.49. The Balaban J connectivity index is 2.07. The van der Waals surface area contributed by atoms with Crippen LogP contribution in [-0.2, 0) is 4.79 Å². The van der Waals surface area contributed by atoms with Crippen molar-refractivity contribution in [2.75, 3.05) is 26.6 Å². The molecule has 2 aromatic rings. The predicted molar refractivity (Wildman–Crippen MR) is 97.0 cm³/mol. The van der Waals surface area contributed by atoms with Crippen molar-refractivity contribution < 1.29 is 19.1 Å². The molecule has 0 radical (unpaired) electrons. The maximum atomic E-state index is 12.1. The van der Waals surface area contributed by atoms with Gasteiger partial charge in [-0.05, 0) is 36.4 Å². The molecule has 0 atom stereocenters. The molecule has 6 heteroatoms. The van der Waals surface area contributed by atoms with E-state index in [0.717, 1.165) is 5.56 Å². The summed E-state index contributed by atoms with van der Waals surface area (Å²) in [6.07, 6.45) is 3.06. The monoisotopic (exact) mass is 340 g/mol. The first kappa shape index (κ1) is 18.1. The van der Waals surface area contributed by atoms with Gasteiger partial charge in [0.15, 0.2) is 11.5 Å². The topological polar surface area (TPSA) is 76.7 Å². The molecule has 0 heterocycles. The Morgan fingerprint density at radius 3 is 2.32 bits per heavy atom. The smallest absolute Gasteiger partial charge is 0.251 e. The maximum absolute atomic E-state index is 12.1. The minimum Gasteiger partial charge on any atom is -0.493 e. The zero-order valence-corrected chi connectivity index (χ0v) is 14.3. The number of anilines is 1. The molecular formula is C19H20N2O4. The van der Waals surface area contributed by atoms with Crippen LogP contribution in [0.4, 0.5) is 5.69 Å². The predicted octanol–water partition coefficient (Wildman–Crippen LogP) is 2.72. The van der Waals surface area contributed by atoms with Gasteiger partial charge in [0.1, 0.15) is 0 Å². The Morgan fingerprint density at radius 1 is 1.00 bits per heavy atom. The highest BCUT2D eigenvalue weighted by Gasteiger charge is 2.07. The van der Waals surface area contributed by atoms with Crippen LogP contribution in [0.5, 0.6) is 11.5 Å². The first-order chi connectivity index (χ1) is 12.1. The van der Waals surface area contributed by atoms with Crippen molar-refractivity contribution in [2.45, 2.75) is 0 Å². The highest BCUT2D eigenvalue weighted by molar-refractivity contribution is 6.02. The summed E-state index contributed by atoms with van der Waals surface area (Å²) in [6, 6.07) is 12.0. The molecule has 0 unspecified atom stereocenters. The number of nitrogens with one attached hydrogen (secondary N) is 2. The maximum Gasteiger partial charge on any atom is 0.251 e. The summed E-state index contributed by atoms with van der Waals surface area (Å²) in [5, 5.41) is 5.27. The van der Waals surface area contributed by atoms with Crippen molar-refractivity contribution in [3.05, 3.63) is 59.7 Å². The second-order valence-electron chi connectivity index (χ2n) is 5.06. The average molecular weight is 340 g/mol. The van der Waals surface area contributed by atoms with Crippen molar-refractivity contribution in [2.24, 2.45) is 0 Å².